The summed E-state index contributed by atoms with van der Waals surface area (Å²) in [6.45, 7) is 3.16. The summed E-state index contributed by atoms with van der Waals surface area (Å²) < 4.78 is 11.6. The molecule has 3 rings (SSSR count). The molecule has 0 saturated carbocycles. The lowest BCUT2D eigenvalue weighted by Gasteiger charge is -2.16. The molecule has 0 aliphatic rings. The Morgan fingerprint density at radius 3 is 2.44 bits per heavy atom. The number of benzene rings is 2. The third-order valence-electron chi connectivity index (χ3n) is 3.71. The Morgan fingerprint density at radius 1 is 1.04 bits per heavy atom. The second-order valence-corrected chi connectivity index (χ2v) is 7.62. The van der Waals surface area contributed by atoms with Gasteiger partial charge in [-0.3, -0.25) is 0 Å². The maximum atomic E-state index is 6.44. The number of aromatic nitrogens is 1. The van der Waals surface area contributed by atoms with Gasteiger partial charge >= 0.3 is 0 Å². The maximum absolute atomic E-state index is 6.44. The fourth-order valence-electron chi connectivity index (χ4n) is 2.40. The molecule has 1 aromatic heterocycles. The number of rotatable bonds is 8. The van der Waals surface area contributed by atoms with Gasteiger partial charge in [-0.05, 0) is 30.7 Å². The van der Waals surface area contributed by atoms with Crippen molar-refractivity contribution in [2.75, 3.05) is 11.9 Å². The lowest BCUT2D eigenvalue weighted by atomic mass is 10.2. The largest absolute Gasteiger partial charge is 0.490 e. The Morgan fingerprint density at radius 2 is 1.78 bits per heavy atom. The van der Waals surface area contributed by atoms with Crippen LogP contribution in [0.5, 0.6) is 11.5 Å². The lowest BCUT2D eigenvalue weighted by molar-refractivity contribution is 0.269. The molecule has 0 atom stereocenters. The molecule has 1 N–H and O–H groups in total. The summed E-state index contributed by atoms with van der Waals surface area (Å²) in [6, 6.07) is 8.96. The molecule has 8 heteroatoms. The normalized spacial score (nSPS) is 10.7. The highest BCUT2D eigenvalue weighted by molar-refractivity contribution is 7.13. The Bertz CT molecular complexity index is 884. The Balaban J connectivity index is 1.78. The van der Waals surface area contributed by atoms with Crippen LogP contribution >= 0.6 is 46.1 Å². The van der Waals surface area contributed by atoms with E-state index in [9.17, 15) is 0 Å². The van der Waals surface area contributed by atoms with Gasteiger partial charge < -0.3 is 14.8 Å². The average Bonchev–Trinajstić information content (AvgIpc) is 3.16. The van der Waals surface area contributed by atoms with Crippen LogP contribution in [-0.2, 0) is 13.2 Å². The predicted molar refractivity (Wildman–Crippen MR) is 113 cm³/mol. The Hall–Kier alpha value is -1.66. The smallest absolute Gasteiger partial charge is 0.182 e. The van der Waals surface area contributed by atoms with Crippen molar-refractivity contribution < 1.29 is 9.47 Å². The zero-order valence-corrected chi connectivity index (χ0v) is 17.6. The minimum absolute atomic E-state index is 0.214. The average molecular weight is 444 g/mol. The minimum Gasteiger partial charge on any atom is -0.490 e. The first-order valence-electron chi connectivity index (χ1n) is 8.22. The van der Waals surface area contributed by atoms with Crippen LogP contribution in [0.2, 0.25) is 15.1 Å². The fraction of sp³-hybridized carbons (Fsp3) is 0.211. The van der Waals surface area contributed by atoms with E-state index in [1.807, 2.05) is 18.4 Å². The van der Waals surface area contributed by atoms with E-state index in [4.69, 9.17) is 44.3 Å². The highest BCUT2D eigenvalue weighted by Crippen LogP contribution is 2.35. The quantitative estimate of drug-likeness (QED) is 0.421. The van der Waals surface area contributed by atoms with E-state index in [0.29, 0.717) is 45.3 Å². The van der Waals surface area contributed by atoms with Gasteiger partial charge in [0.25, 0.3) is 0 Å². The summed E-state index contributed by atoms with van der Waals surface area (Å²) in [7, 11) is 0. The highest BCUT2D eigenvalue weighted by atomic mass is 35.5. The SMILES string of the molecule is CCOc1cc(CNc2nccs2)c(Cl)cc1OCc1c(Cl)cccc1Cl. The fourth-order valence-corrected chi connectivity index (χ4v) is 3.65. The summed E-state index contributed by atoms with van der Waals surface area (Å²) in [4.78, 5) is 4.20. The molecule has 27 heavy (non-hydrogen) atoms. The molecule has 0 fully saturated rings. The van der Waals surface area contributed by atoms with Crippen LogP contribution in [0.3, 0.4) is 0 Å². The topological polar surface area (TPSA) is 43.4 Å². The summed E-state index contributed by atoms with van der Waals surface area (Å²) in [5.74, 6) is 1.15. The van der Waals surface area contributed by atoms with Crippen LogP contribution in [-0.4, -0.2) is 11.6 Å². The first kappa shape index (κ1) is 20.1. The number of ether oxygens (including phenoxy) is 2. The molecule has 0 radical (unpaired) electrons. The Labute approximate surface area is 177 Å². The van der Waals surface area contributed by atoms with Crippen LogP contribution in [0, 0.1) is 0 Å². The summed E-state index contributed by atoms with van der Waals surface area (Å²) in [6.07, 6.45) is 1.75. The number of nitrogens with zero attached hydrogens (tertiary/aromatic N) is 1. The van der Waals surface area contributed by atoms with Crippen molar-refractivity contribution in [3.8, 4) is 11.5 Å². The molecule has 0 bridgehead atoms. The zero-order chi connectivity index (χ0) is 19.2. The third-order valence-corrected chi connectivity index (χ3v) is 5.50. The number of hydrogen-bond donors (Lipinski definition) is 1. The van der Waals surface area contributed by atoms with E-state index < -0.39 is 0 Å². The van der Waals surface area contributed by atoms with Gasteiger partial charge in [-0.2, -0.15) is 0 Å². The molecule has 0 amide bonds. The molecule has 2 aromatic carbocycles. The number of halogens is 3. The van der Waals surface area contributed by atoms with E-state index in [0.717, 1.165) is 10.7 Å². The molecule has 4 nitrogen and oxygen atoms in total. The van der Waals surface area contributed by atoms with Gasteiger partial charge in [0, 0.05) is 44.8 Å². The molecule has 142 valence electrons. The van der Waals surface area contributed by atoms with E-state index in [2.05, 4.69) is 10.3 Å². The standard InChI is InChI=1S/C19H17Cl3N2O2S/c1-2-25-17-8-12(10-24-19-23-6-7-27-19)16(22)9-18(17)26-11-13-14(20)4-3-5-15(13)21/h3-9H,2,10-11H2,1H3,(H,23,24). The Kier molecular flexibility index (Phi) is 7.07. The lowest BCUT2D eigenvalue weighted by Crippen LogP contribution is -2.04. The number of anilines is 1. The van der Waals surface area contributed by atoms with Gasteiger partial charge in [0.05, 0.1) is 6.61 Å². The summed E-state index contributed by atoms with van der Waals surface area (Å²) >= 11 is 20.4. The molecule has 0 aliphatic carbocycles. The van der Waals surface area contributed by atoms with Crippen molar-refractivity contribution in [1.29, 1.82) is 0 Å². The van der Waals surface area contributed by atoms with Crippen molar-refractivity contribution in [2.45, 2.75) is 20.1 Å². The van der Waals surface area contributed by atoms with E-state index in [-0.39, 0.29) is 6.61 Å². The van der Waals surface area contributed by atoms with Crippen molar-refractivity contribution in [3.63, 3.8) is 0 Å². The molecule has 0 saturated heterocycles. The molecule has 1 heterocycles. The second-order valence-electron chi connectivity index (χ2n) is 5.50. The number of hydrogen-bond acceptors (Lipinski definition) is 5. The molecular formula is C19H17Cl3N2O2S. The molecule has 3 aromatic rings. The monoisotopic (exact) mass is 442 g/mol. The predicted octanol–water partition coefficient (Wildman–Crippen LogP) is 6.69. The van der Waals surface area contributed by atoms with Crippen molar-refractivity contribution in [2.24, 2.45) is 0 Å². The molecular weight excluding hydrogens is 427 g/mol. The van der Waals surface area contributed by atoms with Crippen molar-refractivity contribution in [3.05, 3.63) is 68.1 Å². The van der Waals surface area contributed by atoms with Gasteiger partial charge in [-0.25, -0.2) is 4.98 Å². The van der Waals surface area contributed by atoms with E-state index in [1.165, 1.54) is 11.3 Å². The highest BCUT2D eigenvalue weighted by Gasteiger charge is 2.13. The van der Waals surface area contributed by atoms with Crippen LogP contribution in [0.1, 0.15) is 18.1 Å². The van der Waals surface area contributed by atoms with Crippen LogP contribution < -0.4 is 14.8 Å². The minimum atomic E-state index is 0.214. The van der Waals surface area contributed by atoms with Crippen molar-refractivity contribution in [1.82, 2.24) is 4.98 Å². The van der Waals surface area contributed by atoms with Gasteiger partial charge in [0.2, 0.25) is 0 Å². The van der Waals surface area contributed by atoms with Crippen LogP contribution in [0.4, 0.5) is 5.13 Å². The van der Waals surface area contributed by atoms with E-state index >= 15 is 0 Å². The molecule has 0 unspecified atom stereocenters. The van der Waals surface area contributed by atoms with Crippen molar-refractivity contribution >= 4 is 51.3 Å². The van der Waals surface area contributed by atoms with Gasteiger partial charge in [0.15, 0.2) is 16.6 Å². The first-order chi connectivity index (χ1) is 13.1. The zero-order valence-electron chi connectivity index (χ0n) is 14.5. The number of thiazole rings is 1. The van der Waals surface area contributed by atoms with Crippen LogP contribution in [0.25, 0.3) is 0 Å². The second kappa shape index (κ2) is 9.51. The maximum Gasteiger partial charge on any atom is 0.182 e. The van der Waals surface area contributed by atoms with Gasteiger partial charge in [0.1, 0.15) is 6.61 Å². The number of nitrogens with one attached hydrogen (secondary N) is 1. The molecule has 0 spiro atoms. The summed E-state index contributed by atoms with van der Waals surface area (Å²) in [5, 5.41) is 7.65. The summed E-state index contributed by atoms with van der Waals surface area (Å²) in [5.41, 5.74) is 1.60. The van der Waals surface area contributed by atoms with Gasteiger partial charge in [-0.1, -0.05) is 40.9 Å². The van der Waals surface area contributed by atoms with E-state index in [1.54, 1.807) is 30.5 Å². The van der Waals surface area contributed by atoms with Gasteiger partial charge in [-0.15, -0.1) is 11.3 Å². The first-order valence-corrected chi connectivity index (χ1v) is 10.2. The third kappa shape index (κ3) is 5.20. The molecule has 0 aliphatic heterocycles. The van der Waals surface area contributed by atoms with Crippen LogP contribution in [0.15, 0.2) is 41.9 Å².